The summed E-state index contributed by atoms with van der Waals surface area (Å²) < 4.78 is 0. The zero-order valence-electron chi connectivity index (χ0n) is 13.4. The fraction of sp³-hybridized carbons (Fsp3) is 0.250. The second kappa shape index (κ2) is 6.59. The predicted octanol–water partition coefficient (Wildman–Crippen LogP) is 4.78. The van der Waals surface area contributed by atoms with E-state index in [9.17, 15) is 4.79 Å². The molecule has 0 radical (unpaired) electrons. The molecule has 2 nitrogen and oxygen atoms in total. The van der Waals surface area contributed by atoms with Crippen LogP contribution in [0, 0.1) is 0 Å². The summed E-state index contributed by atoms with van der Waals surface area (Å²) in [6, 6.07) is 16.1. The van der Waals surface area contributed by atoms with E-state index in [1.807, 2.05) is 49.1 Å². The molecule has 0 bridgehead atoms. The highest BCUT2D eigenvalue weighted by atomic mass is 35.5. The molecule has 0 N–H and O–H groups in total. The monoisotopic (exact) mass is 325 g/mol. The van der Waals surface area contributed by atoms with E-state index in [4.69, 9.17) is 11.6 Å². The minimum Gasteiger partial charge on any atom is -0.328 e. The third-order valence-corrected chi connectivity index (χ3v) is 4.42. The average molecular weight is 326 g/mol. The maximum Gasteiger partial charge on any atom is 0.247 e. The van der Waals surface area contributed by atoms with Gasteiger partial charge in [-0.1, -0.05) is 53.6 Å². The Kier molecular flexibility index (Phi) is 4.53. The normalized spacial score (nSPS) is 16.7. The number of rotatable bonds is 2. The highest BCUT2D eigenvalue weighted by molar-refractivity contribution is 6.30. The number of carbonyl (C=O) groups is 1. The summed E-state index contributed by atoms with van der Waals surface area (Å²) in [6.07, 6.45) is 2.61. The van der Waals surface area contributed by atoms with Crippen molar-refractivity contribution in [2.75, 3.05) is 6.54 Å². The van der Waals surface area contributed by atoms with Crippen LogP contribution in [0.25, 0.3) is 0 Å². The largest absolute Gasteiger partial charge is 0.328 e. The summed E-state index contributed by atoms with van der Waals surface area (Å²) in [7, 11) is 0. The van der Waals surface area contributed by atoms with E-state index in [0.29, 0.717) is 5.02 Å². The highest BCUT2D eigenvalue weighted by Crippen LogP contribution is 2.35. The number of fused-ring (bicyclic) bond motifs is 1. The molecular weight excluding hydrogens is 306 g/mol. The second-order valence-corrected chi connectivity index (χ2v) is 6.59. The third-order valence-electron chi connectivity index (χ3n) is 4.16. The topological polar surface area (TPSA) is 20.3 Å². The van der Waals surface area contributed by atoms with E-state index in [0.717, 1.165) is 24.1 Å². The van der Waals surface area contributed by atoms with Crippen LogP contribution in [0.15, 0.2) is 60.2 Å². The minimum atomic E-state index is -0.0553. The Morgan fingerprint density at radius 2 is 1.83 bits per heavy atom. The first-order valence-corrected chi connectivity index (χ1v) is 8.23. The Bertz CT molecular complexity index is 744. The van der Waals surface area contributed by atoms with Crippen molar-refractivity contribution in [3.8, 4) is 0 Å². The Labute approximate surface area is 142 Å². The number of benzene rings is 2. The lowest BCUT2D eigenvalue weighted by Gasteiger charge is -2.37. The first-order chi connectivity index (χ1) is 11.1. The summed E-state index contributed by atoms with van der Waals surface area (Å²) in [4.78, 5) is 14.6. The van der Waals surface area contributed by atoms with Crippen LogP contribution in [0.4, 0.5) is 0 Å². The molecule has 0 saturated heterocycles. The molecule has 3 heteroatoms. The van der Waals surface area contributed by atoms with Crippen molar-refractivity contribution >= 4 is 17.5 Å². The van der Waals surface area contributed by atoms with Gasteiger partial charge in [0.25, 0.3) is 0 Å². The molecule has 0 fully saturated rings. The Hall–Kier alpha value is -2.06. The fourth-order valence-corrected chi connectivity index (χ4v) is 3.26. The molecule has 1 atom stereocenters. The lowest BCUT2D eigenvalue weighted by Crippen LogP contribution is -2.39. The number of hydrogen-bond donors (Lipinski definition) is 0. The molecule has 1 aliphatic rings. The van der Waals surface area contributed by atoms with Gasteiger partial charge in [-0.2, -0.15) is 0 Å². The van der Waals surface area contributed by atoms with Crippen molar-refractivity contribution in [2.24, 2.45) is 0 Å². The first kappa shape index (κ1) is 15.8. The zero-order chi connectivity index (χ0) is 16.4. The summed E-state index contributed by atoms with van der Waals surface area (Å²) in [5.41, 5.74) is 4.63. The van der Waals surface area contributed by atoms with Gasteiger partial charge in [0.1, 0.15) is 0 Å². The molecule has 0 aliphatic carbocycles. The van der Waals surface area contributed by atoms with Crippen LogP contribution >= 0.6 is 11.6 Å². The van der Waals surface area contributed by atoms with Gasteiger partial charge in [0.15, 0.2) is 0 Å². The van der Waals surface area contributed by atoms with Crippen LogP contribution in [-0.2, 0) is 11.2 Å². The van der Waals surface area contributed by atoms with Crippen molar-refractivity contribution in [1.82, 2.24) is 4.90 Å². The average Bonchev–Trinajstić information content (AvgIpc) is 2.54. The molecule has 23 heavy (non-hydrogen) atoms. The lowest BCUT2D eigenvalue weighted by molar-refractivity contribution is -0.128. The Morgan fingerprint density at radius 3 is 2.52 bits per heavy atom. The number of hydrogen-bond acceptors (Lipinski definition) is 1. The quantitative estimate of drug-likeness (QED) is 0.728. The van der Waals surface area contributed by atoms with E-state index in [1.54, 1.807) is 6.08 Å². The third kappa shape index (κ3) is 3.32. The van der Waals surface area contributed by atoms with Crippen molar-refractivity contribution in [3.05, 3.63) is 81.9 Å². The van der Waals surface area contributed by atoms with E-state index in [1.165, 1.54) is 11.1 Å². The SMILES string of the molecule is CC(C)=CC(=O)N1CCc2ccccc2[C@H]1c1ccc(Cl)cc1. The van der Waals surface area contributed by atoms with Gasteiger partial charge < -0.3 is 4.90 Å². The maximum absolute atomic E-state index is 12.7. The Morgan fingerprint density at radius 1 is 1.13 bits per heavy atom. The molecule has 0 unspecified atom stereocenters. The van der Waals surface area contributed by atoms with Gasteiger partial charge >= 0.3 is 0 Å². The summed E-state index contributed by atoms with van der Waals surface area (Å²) in [6.45, 7) is 4.63. The first-order valence-electron chi connectivity index (χ1n) is 7.85. The summed E-state index contributed by atoms with van der Waals surface area (Å²) in [5, 5.41) is 0.708. The molecule has 0 spiro atoms. The standard InChI is InChI=1S/C20H20ClNO/c1-14(2)13-19(23)22-12-11-15-5-3-4-6-18(15)20(22)16-7-9-17(21)10-8-16/h3-10,13,20H,11-12H2,1-2H3/t20-/m1/s1. The molecule has 0 saturated carbocycles. The maximum atomic E-state index is 12.7. The van der Waals surface area contributed by atoms with E-state index in [-0.39, 0.29) is 11.9 Å². The molecule has 118 valence electrons. The number of nitrogens with zero attached hydrogens (tertiary/aromatic N) is 1. The summed E-state index contributed by atoms with van der Waals surface area (Å²) in [5.74, 6) is 0.0689. The van der Waals surface area contributed by atoms with Gasteiger partial charge in [0.05, 0.1) is 6.04 Å². The molecule has 1 heterocycles. The number of amides is 1. The minimum absolute atomic E-state index is 0.0553. The Balaban J connectivity index is 2.08. The molecule has 2 aromatic carbocycles. The van der Waals surface area contributed by atoms with Crippen LogP contribution in [0.3, 0.4) is 0 Å². The van der Waals surface area contributed by atoms with Gasteiger partial charge in [0.2, 0.25) is 5.91 Å². The van der Waals surface area contributed by atoms with Gasteiger partial charge in [-0.15, -0.1) is 0 Å². The van der Waals surface area contributed by atoms with Crippen molar-refractivity contribution < 1.29 is 4.79 Å². The van der Waals surface area contributed by atoms with Crippen LogP contribution in [0.1, 0.15) is 36.6 Å². The van der Waals surface area contributed by atoms with E-state index in [2.05, 4.69) is 18.2 Å². The lowest BCUT2D eigenvalue weighted by atomic mass is 9.88. The second-order valence-electron chi connectivity index (χ2n) is 6.16. The van der Waals surface area contributed by atoms with Crippen LogP contribution in [-0.4, -0.2) is 17.4 Å². The number of allylic oxidation sites excluding steroid dienone is 1. The van der Waals surface area contributed by atoms with E-state index < -0.39 is 0 Å². The van der Waals surface area contributed by atoms with Crippen LogP contribution < -0.4 is 0 Å². The molecule has 1 aliphatic heterocycles. The zero-order valence-corrected chi connectivity index (χ0v) is 14.2. The smallest absolute Gasteiger partial charge is 0.247 e. The molecule has 3 rings (SSSR count). The molecule has 2 aromatic rings. The van der Waals surface area contributed by atoms with Crippen LogP contribution in [0.2, 0.25) is 5.02 Å². The van der Waals surface area contributed by atoms with Crippen molar-refractivity contribution in [3.63, 3.8) is 0 Å². The highest BCUT2D eigenvalue weighted by Gasteiger charge is 2.30. The number of carbonyl (C=O) groups excluding carboxylic acids is 1. The summed E-state index contributed by atoms with van der Waals surface area (Å²) >= 11 is 6.03. The van der Waals surface area contributed by atoms with Crippen LogP contribution in [0.5, 0.6) is 0 Å². The number of halogens is 1. The predicted molar refractivity (Wildman–Crippen MR) is 94.6 cm³/mol. The fourth-order valence-electron chi connectivity index (χ4n) is 3.14. The van der Waals surface area contributed by atoms with Gasteiger partial charge in [0, 0.05) is 17.6 Å². The molecule has 0 aromatic heterocycles. The molecule has 1 amide bonds. The van der Waals surface area contributed by atoms with Crippen molar-refractivity contribution in [2.45, 2.75) is 26.3 Å². The van der Waals surface area contributed by atoms with E-state index >= 15 is 0 Å². The van der Waals surface area contributed by atoms with Gasteiger partial charge in [-0.05, 0) is 49.1 Å². The molecular formula is C20H20ClNO. The van der Waals surface area contributed by atoms with Crippen molar-refractivity contribution in [1.29, 1.82) is 0 Å². The van der Waals surface area contributed by atoms with Gasteiger partial charge in [-0.3, -0.25) is 4.79 Å². The van der Waals surface area contributed by atoms with Gasteiger partial charge in [-0.25, -0.2) is 0 Å².